The van der Waals surface area contributed by atoms with Gasteiger partial charge in [-0.15, -0.1) is 0 Å². The number of rotatable bonds is 0. The molecule has 1 aliphatic carbocycles. The van der Waals surface area contributed by atoms with Crippen molar-refractivity contribution in [2.75, 3.05) is 11.6 Å². The van der Waals surface area contributed by atoms with Crippen LogP contribution in [-0.2, 0) is 0 Å². The summed E-state index contributed by atoms with van der Waals surface area (Å²) in [7, 11) is 0. The van der Waals surface area contributed by atoms with E-state index in [1.54, 1.807) is 0 Å². The van der Waals surface area contributed by atoms with Gasteiger partial charge in [0, 0.05) is 21.9 Å². The number of hydrazone groups is 1. The van der Waals surface area contributed by atoms with E-state index in [1.807, 2.05) is 0 Å². The van der Waals surface area contributed by atoms with Gasteiger partial charge in [0.1, 0.15) is 12.5 Å². The quantitative estimate of drug-likeness (QED) is 0.796. The topological polar surface area (TPSA) is 32.6 Å². The Hall–Kier alpha value is -2.01. The van der Waals surface area contributed by atoms with Crippen molar-refractivity contribution in [3.05, 3.63) is 52.3 Å². The maximum Gasteiger partial charge on any atom is 0.140 e. The number of fused-ring (bicyclic) bond motifs is 5. The van der Waals surface area contributed by atoms with Gasteiger partial charge in [-0.25, -0.2) is 0 Å². The lowest BCUT2D eigenvalue weighted by molar-refractivity contribution is 0.800. The highest BCUT2D eigenvalue weighted by Crippen LogP contribution is 2.44. The highest BCUT2D eigenvalue weighted by Gasteiger charge is 2.37. The fourth-order valence-corrected chi connectivity index (χ4v) is 4.12. The Labute approximate surface area is 130 Å². The fraction of sp³-hybridized carbons (Fsp3) is 0.188. The van der Waals surface area contributed by atoms with Gasteiger partial charge in [-0.2, -0.15) is 5.10 Å². The number of aromatic nitrogens is 1. The zero-order valence-corrected chi connectivity index (χ0v) is 12.8. The average Bonchev–Trinajstić information content (AvgIpc) is 3.10. The number of hydrogen-bond acceptors (Lipinski definition) is 3. The molecule has 0 amide bonds. The molecule has 1 unspecified atom stereocenters. The SMILES string of the molecule is Brc1cn2c3c1C=CCC3C1=NNCN1c1ccccc1-2. The highest BCUT2D eigenvalue weighted by atomic mass is 79.9. The van der Waals surface area contributed by atoms with Crippen molar-refractivity contribution in [3.63, 3.8) is 0 Å². The second-order valence-corrected chi connectivity index (χ2v) is 6.39. The summed E-state index contributed by atoms with van der Waals surface area (Å²) >= 11 is 3.71. The molecule has 3 aliphatic rings. The molecule has 1 aromatic heterocycles. The van der Waals surface area contributed by atoms with Gasteiger partial charge >= 0.3 is 0 Å². The summed E-state index contributed by atoms with van der Waals surface area (Å²) in [6.45, 7) is 0.744. The molecule has 0 fully saturated rings. The summed E-state index contributed by atoms with van der Waals surface area (Å²) in [6, 6.07) is 8.53. The standard InChI is InChI=1S/C16H13BrN4/c17-12-8-20-13-6-1-2-7-14(13)21-9-18-19-16(21)11-5-3-4-10(12)15(11)20/h1-4,6-8,11,18H,5,9H2. The van der Waals surface area contributed by atoms with Crippen LogP contribution in [0.25, 0.3) is 11.8 Å². The molecule has 21 heavy (non-hydrogen) atoms. The number of nitrogens with zero attached hydrogens (tertiary/aromatic N) is 3. The Morgan fingerprint density at radius 2 is 2.10 bits per heavy atom. The molecular weight excluding hydrogens is 328 g/mol. The Bertz CT molecular complexity index is 818. The second-order valence-electron chi connectivity index (χ2n) is 5.54. The number of benzene rings is 1. The van der Waals surface area contributed by atoms with Crippen LogP contribution in [0.5, 0.6) is 0 Å². The number of hydrogen-bond donors (Lipinski definition) is 1. The van der Waals surface area contributed by atoms with Gasteiger partial charge in [0.15, 0.2) is 0 Å². The molecule has 0 spiro atoms. The Kier molecular flexibility index (Phi) is 2.22. The first-order valence-corrected chi connectivity index (χ1v) is 7.88. The van der Waals surface area contributed by atoms with Crippen LogP contribution in [0, 0.1) is 0 Å². The first-order valence-electron chi connectivity index (χ1n) is 7.09. The third-order valence-electron chi connectivity index (χ3n) is 4.46. The molecule has 2 aliphatic heterocycles. The predicted octanol–water partition coefficient (Wildman–Crippen LogP) is 3.43. The van der Waals surface area contributed by atoms with Crippen LogP contribution in [0.3, 0.4) is 0 Å². The van der Waals surface area contributed by atoms with Crippen molar-refractivity contribution in [1.82, 2.24) is 9.99 Å². The molecule has 104 valence electrons. The van der Waals surface area contributed by atoms with Crippen LogP contribution in [-0.4, -0.2) is 17.1 Å². The van der Waals surface area contributed by atoms with Crippen LogP contribution >= 0.6 is 15.9 Å². The van der Waals surface area contributed by atoms with E-state index in [0.717, 1.165) is 23.4 Å². The molecule has 5 rings (SSSR count). The van der Waals surface area contributed by atoms with Gasteiger partial charge < -0.3 is 9.47 Å². The van der Waals surface area contributed by atoms with Crippen LogP contribution in [0.15, 0.2) is 46.1 Å². The summed E-state index contributed by atoms with van der Waals surface area (Å²) in [5.41, 5.74) is 8.18. The lowest BCUT2D eigenvalue weighted by Gasteiger charge is -2.23. The molecule has 3 heterocycles. The molecule has 0 saturated heterocycles. The van der Waals surface area contributed by atoms with Gasteiger partial charge in [0.2, 0.25) is 0 Å². The molecule has 5 heteroatoms. The lowest BCUT2D eigenvalue weighted by Crippen LogP contribution is -2.32. The predicted molar refractivity (Wildman–Crippen MR) is 87.8 cm³/mol. The zero-order valence-electron chi connectivity index (χ0n) is 11.3. The smallest absolute Gasteiger partial charge is 0.140 e. The number of nitrogens with one attached hydrogen (secondary N) is 1. The van der Waals surface area contributed by atoms with E-state index in [1.165, 1.54) is 22.6 Å². The molecule has 1 N–H and O–H groups in total. The first kappa shape index (κ1) is 11.6. The van der Waals surface area contributed by atoms with E-state index in [0.29, 0.717) is 5.92 Å². The average molecular weight is 341 g/mol. The second kappa shape index (κ2) is 4.01. The minimum absolute atomic E-state index is 0.304. The molecule has 0 saturated carbocycles. The number of allylic oxidation sites excluding steroid dienone is 1. The van der Waals surface area contributed by atoms with Crippen LogP contribution in [0.1, 0.15) is 23.6 Å². The summed E-state index contributed by atoms with van der Waals surface area (Å²) in [6.07, 6.45) is 7.64. The summed E-state index contributed by atoms with van der Waals surface area (Å²) in [5, 5.41) is 4.58. The lowest BCUT2D eigenvalue weighted by atomic mass is 9.91. The Morgan fingerprint density at radius 3 is 3.00 bits per heavy atom. The number of para-hydroxylation sites is 2. The van der Waals surface area contributed by atoms with Crippen LogP contribution in [0.4, 0.5) is 5.69 Å². The number of halogens is 1. The van der Waals surface area contributed by atoms with Crippen molar-refractivity contribution in [3.8, 4) is 5.69 Å². The molecule has 1 aromatic carbocycles. The van der Waals surface area contributed by atoms with Gasteiger partial charge in [0.25, 0.3) is 0 Å². The monoisotopic (exact) mass is 340 g/mol. The molecule has 0 radical (unpaired) electrons. The molecular formula is C16H13BrN4. The van der Waals surface area contributed by atoms with E-state index in [2.05, 4.69) is 78.5 Å². The number of anilines is 1. The summed E-state index contributed by atoms with van der Waals surface area (Å²) in [4.78, 5) is 2.30. The van der Waals surface area contributed by atoms with Gasteiger partial charge in [-0.05, 0) is 34.5 Å². The fourth-order valence-electron chi connectivity index (χ4n) is 3.58. The molecule has 1 atom stereocenters. The van der Waals surface area contributed by atoms with Crippen LogP contribution in [0.2, 0.25) is 0 Å². The maximum atomic E-state index is 4.58. The first-order chi connectivity index (χ1) is 10.3. The third kappa shape index (κ3) is 1.42. The third-order valence-corrected chi connectivity index (χ3v) is 5.10. The van der Waals surface area contributed by atoms with Crippen molar-refractivity contribution < 1.29 is 0 Å². The molecule has 4 nitrogen and oxygen atoms in total. The maximum absolute atomic E-state index is 4.58. The van der Waals surface area contributed by atoms with Crippen molar-refractivity contribution in [2.24, 2.45) is 5.10 Å². The van der Waals surface area contributed by atoms with E-state index >= 15 is 0 Å². The van der Waals surface area contributed by atoms with Crippen molar-refractivity contribution in [1.29, 1.82) is 0 Å². The van der Waals surface area contributed by atoms with E-state index < -0.39 is 0 Å². The minimum Gasteiger partial charge on any atom is -0.316 e. The summed E-state index contributed by atoms with van der Waals surface area (Å²) in [5.74, 6) is 1.43. The normalized spacial score (nSPS) is 21.1. The zero-order chi connectivity index (χ0) is 14.0. The van der Waals surface area contributed by atoms with Crippen molar-refractivity contribution >= 4 is 33.5 Å². The van der Waals surface area contributed by atoms with E-state index in [-0.39, 0.29) is 0 Å². The Balaban J connectivity index is 1.91. The van der Waals surface area contributed by atoms with Gasteiger partial charge in [-0.3, -0.25) is 5.43 Å². The largest absolute Gasteiger partial charge is 0.316 e. The van der Waals surface area contributed by atoms with Gasteiger partial charge in [-0.1, -0.05) is 24.3 Å². The molecule has 0 bridgehead atoms. The van der Waals surface area contributed by atoms with E-state index in [4.69, 9.17) is 0 Å². The van der Waals surface area contributed by atoms with Crippen molar-refractivity contribution in [2.45, 2.75) is 12.3 Å². The van der Waals surface area contributed by atoms with Crippen LogP contribution < -0.4 is 10.3 Å². The Morgan fingerprint density at radius 1 is 1.24 bits per heavy atom. The van der Waals surface area contributed by atoms with Gasteiger partial charge in [0.05, 0.1) is 17.3 Å². The molecule has 2 aromatic rings. The number of amidine groups is 1. The van der Waals surface area contributed by atoms with E-state index in [9.17, 15) is 0 Å². The summed E-state index contributed by atoms with van der Waals surface area (Å²) < 4.78 is 3.47. The minimum atomic E-state index is 0.304. The highest BCUT2D eigenvalue weighted by molar-refractivity contribution is 9.10.